The van der Waals surface area contributed by atoms with Gasteiger partial charge in [-0.25, -0.2) is 4.39 Å². The van der Waals surface area contributed by atoms with Crippen LogP contribution < -0.4 is 5.32 Å². The maximum absolute atomic E-state index is 14.0. The normalized spacial score (nSPS) is 13.4. The van der Waals surface area contributed by atoms with Crippen molar-refractivity contribution in [2.45, 2.75) is 12.5 Å². The number of nitrogens with one attached hydrogen (secondary N) is 1. The summed E-state index contributed by atoms with van der Waals surface area (Å²) in [5.74, 6) is -0.776. The number of carbonyl (C=O) groups excluding carboxylic acids is 1. The maximum Gasteiger partial charge on any atom is 0.252 e. The van der Waals surface area contributed by atoms with E-state index in [4.69, 9.17) is 27.9 Å². The fourth-order valence-corrected chi connectivity index (χ4v) is 2.68. The van der Waals surface area contributed by atoms with Gasteiger partial charge in [0.05, 0.1) is 17.1 Å². The van der Waals surface area contributed by atoms with Crippen molar-refractivity contribution in [2.24, 2.45) is 0 Å². The van der Waals surface area contributed by atoms with Gasteiger partial charge in [-0.05, 0) is 31.2 Å². The number of carbonyl (C=O) groups is 1. The highest BCUT2D eigenvalue weighted by molar-refractivity contribution is 6.36. The third-order valence-electron chi connectivity index (χ3n) is 3.66. The first-order valence-electron chi connectivity index (χ1n) is 6.91. The second-order valence-corrected chi connectivity index (χ2v) is 6.07. The Morgan fingerprint density at radius 1 is 1.26 bits per heavy atom. The lowest BCUT2D eigenvalue weighted by Gasteiger charge is -2.29. The van der Waals surface area contributed by atoms with Crippen LogP contribution in [0.2, 0.25) is 10.0 Å². The van der Waals surface area contributed by atoms with Gasteiger partial charge in [-0.2, -0.15) is 0 Å². The van der Waals surface area contributed by atoms with Gasteiger partial charge in [-0.15, -0.1) is 0 Å². The zero-order valence-corrected chi connectivity index (χ0v) is 14.2. The van der Waals surface area contributed by atoms with Crippen LogP contribution in [0.5, 0.6) is 0 Å². The molecule has 122 valence electrons. The van der Waals surface area contributed by atoms with Gasteiger partial charge in [-0.1, -0.05) is 41.4 Å². The first-order valence-corrected chi connectivity index (χ1v) is 7.66. The van der Waals surface area contributed by atoms with Crippen LogP contribution in [-0.2, 0) is 10.3 Å². The van der Waals surface area contributed by atoms with Crippen LogP contribution in [0.4, 0.5) is 4.39 Å². The topological polar surface area (TPSA) is 38.3 Å². The minimum Gasteiger partial charge on any atom is -0.372 e. The molecule has 2 aromatic rings. The van der Waals surface area contributed by atoms with Crippen LogP contribution in [0.3, 0.4) is 0 Å². The SMILES string of the molecule is COC(C)(CNC(=O)c1ccc(Cl)cc1Cl)c1ccccc1F. The number of hydrogen-bond donors (Lipinski definition) is 1. The van der Waals surface area contributed by atoms with E-state index < -0.39 is 11.4 Å². The Balaban J connectivity index is 2.17. The van der Waals surface area contributed by atoms with Crippen molar-refractivity contribution in [3.63, 3.8) is 0 Å². The molecule has 0 aliphatic heterocycles. The van der Waals surface area contributed by atoms with E-state index in [9.17, 15) is 9.18 Å². The van der Waals surface area contributed by atoms with Gasteiger partial charge in [0.2, 0.25) is 0 Å². The molecule has 1 N–H and O–H groups in total. The van der Waals surface area contributed by atoms with Crippen LogP contribution in [0.25, 0.3) is 0 Å². The minimum absolute atomic E-state index is 0.0855. The molecule has 0 aromatic heterocycles. The Labute approximate surface area is 144 Å². The summed E-state index contributed by atoms with van der Waals surface area (Å²) in [7, 11) is 1.47. The van der Waals surface area contributed by atoms with Crippen LogP contribution in [-0.4, -0.2) is 19.6 Å². The second-order valence-electron chi connectivity index (χ2n) is 5.22. The number of methoxy groups -OCH3 is 1. The monoisotopic (exact) mass is 355 g/mol. The smallest absolute Gasteiger partial charge is 0.252 e. The van der Waals surface area contributed by atoms with Gasteiger partial charge in [-0.3, -0.25) is 4.79 Å². The molecular weight excluding hydrogens is 340 g/mol. The first-order chi connectivity index (χ1) is 10.9. The minimum atomic E-state index is -1.00. The van der Waals surface area contributed by atoms with E-state index in [2.05, 4.69) is 5.32 Å². The molecule has 0 saturated carbocycles. The molecule has 0 saturated heterocycles. The van der Waals surface area contributed by atoms with Gasteiger partial charge >= 0.3 is 0 Å². The van der Waals surface area contributed by atoms with Crippen molar-refractivity contribution in [3.05, 3.63) is 69.5 Å². The molecule has 6 heteroatoms. The average molecular weight is 356 g/mol. The van der Waals surface area contributed by atoms with E-state index in [1.165, 1.54) is 25.3 Å². The largest absolute Gasteiger partial charge is 0.372 e. The van der Waals surface area contributed by atoms with Crippen molar-refractivity contribution >= 4 is 29.1 Å². The number of hydrogen-bond acceptors (Lipinski definition) is 2. The second kappa shape index (κ2) is 7.30. The molecule has 0 bridgehead atoms. The molecule has 0 radical (unpaired) electrons. The molecule has 0 spiro atoms. The van der Waals surface area contributed by atoms with E-state index in [0.717, 1.165) is 0 Å². The van der Waals surface area contributed by atoms with Gasteiger partial charge in [0.15, 0.2) is 0 Å². The molecule has 0 aliphatic rings. The molecule has 1 amide bonds. The Bertz CT molecular complexity index is 723. The Hall–Kier alpha value is -1.62. The van der Waals surface area contributed by atoms with E-state index >= 15 is 0 Å². The van der Waals surface area contributed by atoms with Crippen molar-refractivity contribution < 1.29 is 13.9 Å². The number of benzene rings is 2. The molecule has 0 fully saturated rings. The summed E-state index contributed by atoms with van der Waals surface area (Å²) in [5.41, 5.74) is -0.340. The van der Waals surface area contributed by atoms with E-state index in [0.29, 0.717) is 16.1 Å². The molecule has 1 atom stereocenters. The molecule has 1 unspecified atom stereocenters. The summed E-state index contributed by atoms with van der Waals surface area (Å²) in [6.07, 6.45) is 0. The molecule has 0 heterocycles. The lowest BCUT2D eigenvalue weighted by molar-refractivity contribution is 0.000389. The van der Waals surface area contributed by atoms with Crippen LogP contribution in [0.15, 0.2) is 42.5 Å². The molecular formula is C17H16Cl2FNO2. The Morgan fingerprint density at radius 2 is 1.96 bits per heavy atom. The summed E-state index contributed by atoms with van der Waals surface area (Å²) in [6.45, 7) is 1.79. The Morgan fingerprint density at radius 3 is 2.57 bits per heavy atom. The first kappa shape index (κ1) is 17.7. The van der Waals surface area contributed by atoms with Crippen molar-refractivity contribution in [2.75, 3.05) is 13.7 Å². The predicted molar refractivity (Wildman–Crippen MR) is 89.6 cm³/mol. The molecule has 2 aromatic carbocycles. The summed E-state index contributed by atoms with van der Waals surface area (Å²) in [6, 6.07) is 10.9. The van der Waals surface area contributed by atoms with Gasteiger partial charge in [0, 0.05) is 17.7 Å². The number of halogens is 3. The number of rotatable bonds is 5. The molecule has 0 aliphatic carbocycles. The molecule has 2 rings (SSSR count). The van der Waals surface area contributed by atoms with Gasteiger partial charge < -0.3 is 10.1 Å². The highest BCUT2D eigenvalue weighted by atomic mass is 35.5. The lowest BCUT2D eigenvalue weighted by Crippen LogP contribution is -2.40. The third-order valence-corrected chi connectivity index (χ3v) is 4.20. The van der Waals surface area contributed by atoms with E-state index in [-0.39, 0.29) is 17.5 Å². The van der Waals surface area contributed by atoms with Gasteiger partial charge in [0.1, 0.15) is 11.4 Å². The zero-order valence-electron chi connectivity index (χ0n) is 12.7. The summed E-state index contributed by atoms with van der Waals surface area (Å²) in [4.78, 5) is 12.3. The summed E-state index contributed by atoms with van der Waals surface area (Å²) < 4.78 is 19.4. The van der Waals surface area contributed by atoms with Gasteiger partial charge in [0.25, 0.3) is 5.91 Å². The standard InChI is InChI=1S/C17H16Cl2FNO2/c1-17(23-2,13-5-3-4-6-15(13)20)10-21-16(22)12-8-7-11(18)9-14(12)19/h3-9H,10H2,1-2H3,(H,21,22). The third kappa shape index (κ3) is 4.02. The van der Waals surface area contributed by atoms with Crippen LogP contribution in [0, 0.1) is 5.82 Å². The van der Waals surface area contributed by atoms with Crippen LogP contribution >= 0.6 is 23.2 Å². The Kier molecular flexibility index (Phi) is 5.63. The number of ether oxygens (including phenoxy) is 1. The predicted octanol–water partition coefficient (Wildman–Crippen LogP) is 4.42. The van der Waals surface area contributed by atoms with Crippen LogP contribution in [0.1, 0.15) is 22.8 Å². The molecule has 23 heavy (non-hydrogen) atoms. The number of amides is 1. The van der Waals surface area contributed by atoms with Crippen molar-refractivity contribution in [3.8, 4) is 0 Å². The van der Waals surface area contributed by atoms with E-state index in [1.54, 1.807) is 31.2 Å². The summed E-state index contributed by atoms with van der Waals surface area (Å²) >= 11 is 11.8. The lowest BCUT2D eigenvalue weighted by atomic mass is 9.95. The zero-order chi connectivity index (χ0) is 17.0. The summed E-state index contributed by atoms with van der Waals surface area (Å²) in [5, 5.41) is 3.41. The fourth-order valence-electron chi connectivity index (χ4n) is 2.19. The highest BCUT2D eigenvalue weighted by Crippen LogP contribution is 2.27. The highest BCUT2D eigenvalue weighted by Gasteiger charge is 2.30. The maximum atomic E-state index is 14.0. The quantitative estimate of drug-likeness (QED) is 0.861. The van der Waals surface area contributed by atoms with Crippen molar-refractivity contribution in [1.82, 2.24) is 5.32 Å². The van der Waals surface area contributed by atoms with Crippen molar-refractivity contribution in [1.29, 1.82) is 0 Å². The molecule has 3 nitrogen and oxygen atoms in total. The van der Waals surface area contributed by atoms with E-state index in [1.807, 2.05) is 0 Å². The fraction of sp³-hybridized carbons (Fsp3) is 0.235. The average Bonchev–Trinajstić information content (AvgIpc) is 2.52.